The first-order valence-electron chi connectivity index (χ1n) is 9.73. The van der Waals surface area contributed by atoms with Crippen LogP contribution in [0.1, 0.15) is 22.3 Å². The summed E-state index contributed by atoms with van der Waals surface area (Å²) in [4.78, 5) is 44.3. The van der Waals surface area contributed by atoms with Crippen LogP contribution in [0.5, 0.6) is 0 Å². The maximum atomic E-state index is 12.5. The zero-order chi connectivity index (χ0) is 22.9. The summed E-state index contributed by atoms with van der Waals surface area (Å²) < 4.78 is 0. The van der Waals surface area contributed by atoms with Gasteiger partial charge in [-0.25, -0.2) is 15.8 Å². The van der Waals surface area contributed by atoms with Crippen LogP contribution in [0.15, 0.2) is 59.6 Å². The molecule has 10 nitrogen and oxygen atoms in total. The third-order valence-corrected chi connectivity index (χ3v) is 4.47. The molecule has 0 unspecified atom stereocenters. The van der Waals surface area contributed by atoms with E-state index in [1.807, 2.05) is 24.3 Å². The highest BCUT2D eigenvalue weighted by atomic mass is 16.4. The molecule has 3 aromatic rings. The lowest BCUT2D eigenvalue weighted by atomic mass is 10.1. The average Bonchev–Trinajstić information content (AvgIpc) is 2.80. The predicted octanol–water partition coefficient (Wildman–Crippen LogP) is 1.74. The number of carboxylic acids is 1. The highest BCUT2D eigenvalue weighted by Crippen LogP contribution is 2.22. The number of nitrogens with zero attached hydrogens (tertiary/aromatic N) is 2. The standard InChI is InChI=1S/C22H22N6O4/c23-26-13-25-17-6-3-5-16(11-17)22(32)24-12-19(29)28-21-15(8-9-20(30)31)10-14-4-1-2-7-18(14)27-21/h1-7,10-11,13H,8-9,12,23H2,(H,24,32)(H,25,26)(H,30,31)(H,27,28,29). The van der Waals surface area contributed by atoms with Crippen molar-refractivity contribution in [3.05, 3.63) is 65.7 Å². The topological polar surface area (TPSA) is 159 Å². The Morgan fingerprint density at radius 3 is 2.69 bits per heavy atom. The van der Waals surface area contributed by atoms with Crippen molar-refractivity contribution in [3.63, 3.8) is 0 Å². The van der Waals surface area contributed by atoms with E-state index in [-0.39, 0.29) is 25.2 Å². The minimum Gasteiger partial charge on any atom is -0.481 e. The van der Waals surface area contributed by atoms with E-state index >= 15 is 0 Å². The Morgan fingerprint density at radius 1 is 1.09 bits per heavy atom. The van der Waals surface area contributed by atoms with Crippen LogP contribution in [-0.4, -0.2) is 40.8 Å². The Morgan fingerprint density at radius 2 is 1.91 bits per heavy atom. The molecule has 0 bridgehead atoms. The molecule has 3 rings (SSSR count). The van der Waals surface area contributed by atoms with Crippen molar-refractivity contribution in [2.24, 2.45) is 10.8 Å². The number of anilines is 1. The van der Waals surface area contributed by atoms with Gasteiger partial charge in [0.05, 0.1) is 17.7 Å². The number of rotatable bonds is 9. The lowest BCUT2D eigenvalue weighted by Crippen LogP contribution is -2.33. The maximum Gasteiger partial charge on any atom is 0.303 e. The number of aromatic nitrogens is 1. The number of fused-ring (bicyclic) bond motifs is 1. The van der Waals surface area contributed by atoms with Crippen molar-refractivity contribution in [3.8, 4) is 0 Å². The number of hydrazine groups is 1. The number of aryl methyl sites for hydroxylation is 1. The van der Waals surface area contributed by atoms with Crippen molar-refractivity contribution < 1.29 is 19.5 Å². The molecule has 0 atom stereocenters. The Hall–Kier alpha value is -4.31. The van der Waals surface area contributed by atoms with Crippen LogP contribution in [0.3, 0.4) is 0 Å². The molecule has 2 aromatic carbocycles. The Labute approximate surface area is 183 Å². The van der Waals surface area contributed by atoms with Crippen molar-refractivity contribution >= 4 is 46.5 Å². The van der Waals surface area contributed by atoms with E-state index in [4.69, 9.17) is 10.9 Å². The highest BCUT2D eigenvalue weighted by molar-refractivity contribution is 6.00. The Balaban J connectivity index is 1.68. The average molecular weight is 434 g/mol. The van der Waals surface area contributed by atoms with Gasteiger partial charge in [-0.2, -0.15) is 0 Å². The molecular weight excluding hydrogens is 412 g/mol. The molecular formula is C22H22N6O4. The SMILES string of the molecule is NNC=Nc1cccc(C(=O)NCC(=O)Nc2nc3ccccc3cc2CCC(=O)O)c1. The number of nitrogens with one attached hydrogen (secondary N) is 3. The fourth-order valence-corrected chi connectivity index (χ4v) is 2.98. The van der Waals surface area contributed by atoms with Gasteiger partial charge in [0.2, 0.25) is 5.91 Å². The molecule has 10 heteroatoms. The third-order valence-electron chi connectivity index (χ3n) is 4.47. The van der Waals surface area contributed by atoms with Crippen molar-refractivity contribution in [2.45, 2.75) is 12.8 Å². The molecule has 0 spiro atoms. The highest BCUT2D eigenvalue weighted by Gasteiger charge is 2.13. The number of pyridine rings is 1. The fourth-order valence-electron chi connectivity index (χ4n) is 2.98. The van der Waals surface area contributed by atoms with Gasteiger partial charge in [-0.05, 0) is 42.3 Å². The van der Waals surface area contributed by atoms with Gasteiger partial charge in [-0.15, -0.1) is 0 Å². The van der Waals surface area contributed by atoms with Gasteiger partial charge in [0.1, 0.15) is 12.2 Å². The molecule has 0 saturated carbocycles. The zero-order valence-corrected chi connectivity index (χ0v) is 17.0. The van der Waals surface area contributed by atoms with Crippen molar-refractivity contribution in [2.75, 3.05) is 11.9 Å². The van der Waals surface area contributed by atoms with Gasteiger partial charge in [0.15, 0.2) is 0 Å². The number of amides is 2. The van der Waals surface area contributed by atoms with Crippen molar-refractivity contribution in [1.29, 1.82) is 0 Å². The second kappa shape index (κ2) is 10.6. The predicted molar refractivity (Wildman–Crippen MR) is 121 cm³/mol. The molecule has 6 N–H and O–H groups in total. The molecule has 0 saturated heterocycles. The van der Waals surface area contributed by atoms with E-state index < -0.39 is 17.8 Å². The summed E-state index contributed by atoms with van der Waals surface area (Å²) in [6, 6.07) is 15.6. The smallest absolute Gasteiger partial charge is 0.303 e. The molecule has 1 heterocycles. The van der Waals surface area contributed by atoms with Gasteiger partial charge in [-0.1, -0.05) is 24.3 Å². The van der Waals surface area contributed by atoms with E-state index in [1.165, 1.54) is 6.34 Å². The first kappa shape index (κ1) is 22.4. The van der Waals surface area contributed by atoms with Gasteiger partial charge in [-0.3, -0.25) is 14.4 Å². The first-order valence-corrected chi connectivity index (χ1v) is 9.73. The van der Waals surface area contributed by atoms with Gasteiger partial charge in [0.25, 0.3) is 5.91 Å². The number of aliphatic carboxylic acids is 1. The largest absolute Gasteiger partial charge is 0.481 e. The van der Waals surface area contributed by atoms with Crippen LogP contribution >= 0.6 is 0 Å². The van der Waals surface area contributed by atoms with E-state index in [0.717, 1.165) is 5.39 Å². The van der Waals surface area contributed by atoms with Gasteiger partial charge < -0.3 is 21.2 Å². The number of carbonyl (C=O) groups is 3. The lowest BCUT2D eigenvalue weighted by Gasteiger charge is -2.12. The van der Waals surface area contributed by atoms with Crippen molar-refractivity contribution in [1.82, 2.24) is 15.7 Å². The first-order chi connectivity index (χ1) is 15.5. The minimum absolute atomic E-state index is 0.0991. The maximum absolute atomic E-state index is 12.5. The third kappa shape index (κ3) is 6.09. The Bertz CT molecular complexity index is 1180. The summed E-state index contributed by atoms with van der Waals surface area (Å²) in [5.74, 6) is 3.53. The van der Waals surface area contributed by atoms with Crippen LogP contribution in [0.4, 0.5) is 11.5 Å². The quantitative estimate of drug-likeness (QED) is 0.148. The fraction of sp³-hybridized carbons (Fsp3) is 0.136. The second-order valence-electron chi connectivity index (χ2n) is 6.79. The van der Waals surface area contributed by atoms with E-state index in [2.05, 4.69) is 26.0 Å². The molecule has 0 aliphatic carbocycles. The van der Waals surface area contributed by atoms with E-state index in [0.29, 0.717) is 22.3 Å². The summed E-state index contributed by atoms with van der Waals surface area (Å²) in [6.45, 7) is -0.288. The van der Waals surface area contributed by atoms with Gasteiger partial charge in [0, 0.05) is 17.4 Å². The van der Waals surface area contributed by atoms with E-state index in [1.54, 1.807) is 30.3 Å². The molecule has 0 fully saturated rings. The number of hydrogen-bond acceptors (Lipinski definition) is 6. The molecule has 0 aliphatic heterocycles. The Kier molecular flexibility index (Phi) is 7.44. The molecule has 0 aliphatic rings. The number of carboxylic acid groups (broad SMARTS) is 1. The van der Waals surface area contributed by atoms with Crippen LogP contribution in [0, 0.1) is 0 Å². The van der Waals surface area contributed by atoms with Crippen LogP contribution in [0.25, 0.3) is 10.9 Å². The number of benzene rings is 2. The molecule has 32 heavy (non-hydrogen) atoms. The number of hydrogen-bond donors (Lipinski definition) is 5. The monoisotopic (exact) mass is 434 g/mol. The number of nitrogens with two attached hydrogens (primary N) is 1. The summed E-state index contributed by atoms with van der Waals surface area (Å²) in [6.07, 6.45) is 1.39. The second-order valence-corrected chi connectivity index (χ2v) is 6.79. The summed E-state index contributed by atoms with van der Waals surface area (Å²) in [7, 11) is 0. The van der Waals surface area contributed by atoms with Crippen LogP contribution in [0.2, 0.25) is 0 Å². The summed E-state index contributed by atoms with van der Waals surface area (Å²) in [5.41, 5.74) is 4.39. The summed E-state index contributed by atoms with van der Waals surface area (Å²) in [5, 5.41) is 15.1. The number of aliphatic imine (C=N–C) groups is 1. The molecule has 2 amide bonds. The minimum atomic E-state index is -0.948. The van der Waals surface area contributed by atoms with E-state index in [9.17, 15) is 14.4 Å². The lowest BCUT2D eigenvalue weighted by molar-refractivity contribution is -0.137. The molecule has 0 radical (unpaired) electrons. The number of para-hydroxylation sites is 1. The van der Waals surface area contributed by atoms with Crippen LogP contribution in [-0.2, 0) is 16.0 Å². The van der Waals surface area contributed by atoms with Crippen LogP contribution < -0.4 is 21.9 Å². The van der Waals surface area contributed by atoms with Gasteiger partial charge >= 0.3 is 5.97 Å². The molecule has 164 valence electrons. The number of carbonyl (C=O) groups excluding carboxylic acids is 2. The normalized spacial score (nSPS) is 10.8. The zero-order valence-electron chi connectivity index (χ0n) is 17.0. The summed E-state index contributed by atoms with van der Waals surface area (Å²) >= 11 is 0. The molecule has 1 aromatic heterocycles.